The third-order valence-corrected chi connectivity index (χ3v) is 5.03. The molecule has 0 bridgehead atoms. The molecule has 160 valence electrons. The van der Waals surface area contributed by atoms with Crippen molar-refractivity contribution in [1.82, 2.24) is 10.6 Å². The molecule has 0 aliphatic carbocycles. The van der Waals surface area contributed by atoms with Crippen LogP contribution in [0.1, 0.15) is 24.0 Å². The maximum atomic E-state index is 14.0. The molecule has 0 saturated carbocycles. The molecule has 2 aromatic rings. The highest BCUT2D eigenvalue weighted by molar-refractivity contribution is 14.0. The molecule has 0 spiro atoms. The molecule has 30 heavy (non-hydrogen) atoms. The number of hydrogen-bond donors (Lipinski definition) is 2. The van der Waals surface area contributed by atoms with Crippen molar-refractivity contribution in [2.75, 3.05) is 32.1 Å². The number of halogens is 2. The number of piperidine rings is 1. The fourth-order valence-corrected chi connectivity index (χ4v) is 3.48. The minimum atomic E-state index is -0.339. The van der Waals surface area contributed by atoms with Crippen molar-refractivity contribution in [2.24, 2.45) is 4.99 Å². The van der Waals surface area contributed by atoms with Gasteiger partial charge in [0.25, 0.3) is 0 Å². The predicted molar refractivity (Wildman–Crippen MR) is 128 cm³/mol. The zero-order valence-corrected chi connectivity index (χ0v) is 19.5. The number of hydrogen-bond acceptors (Lipinski definition) is 4. The number of guanidine groups is 1. The highest BCUT2D eigenvalue weighted by Crippen LogP contribution is 2.24. The fourth-order valence-electron chi connectivity index (χ4n) is 3.48. The molecule has 1 fully saturated rings. The number of nitriles is 1. The van der Waals surface area contributed by atoms with E-state index in [0.29, 0.717) is 17.1 Å². The molecule has 1 aliphatic rings. The highest BCUT2D eigenvalue weighted by atomic mass is 127. The Morgan fingerprint density at radius 1 is 1.33 bits per heavy atom. The van der Waals surface area contributed by atoms with Crippen LogP contribution in [0, 0.1) is 17.1 Å². The quantitative estimate of drug-likeness (QED) is 0.356. The summed E-state index contributed by atoms with van der Waals surface area (Å²) in [5.74, 6) is 1.12. The second-order valence-corrected chi connectivity index (χ2v) is 6.97. The van der Waals surface area contributed by atoms with Crippen molar-refractivity contribution in [3.63, 3.8) is 0 Å². The molecular weight excluding hydrogens is 496 g/mol. The Kier molecular flexibility index (Phi) is 9.17. The van der Waals surface area contributed by atoms with Gasteiger partial charge in [-0.3, -0.25) is 4.99 Å². The lowest BCUT2D eigenvalue weighted by molar-refractivity contribution is 0.414. The standard InChI is InChI=1S/C22H26FN5O.HI/c1-25-22(26-14-17-11-16(13-24)8-9-21(17)23)27-18-5-4-10-28(15-18)19-6-3-7-20(12-19)29-2;/h3,6-9,11-12,18H,4-5,10,14-15H2,1-2H3,(H2,25,26,27);1H. The average molecular weight is 523 g/mol. The molecule has 3 rings (SSSR count). The lowest BCUT2D eigenvalue weighted by Gasteiger charge is -2.35. The molecule has 0 radical (unpaired) electrons. The highest BCUT2D eigenvalue weighted by Gasteiger charge is 2.21. The monoisotopic (exact) mass is 523 g/mol. The first-order valence-corrected chi connectivity index (χ1v) is 9.67. The Hall–Kier alpha value is -2.54. The van der Waals surface area contributed by atoms with E-state index in [2.05, 4.69) is 26.6 Å². The van der Waals surface area contributed by atoms with Crippen LogP contribution in [0.2, 0.25) is 0 Å². The van der Waals surface area contributed by atoms with Gasteiger partial charge in [-0.05, 0) is 43.2 Å². The van der Waals surface area contributed by atoms with Crippen LogP contribution in [0.25, 0.3) is 0 Å². The lowest BCUT2D eigenvalue weighted by atomic mass is 10.0. The Morgan fingerprint density at radius 2 is 2.17 bits per heavy atom. The summed E-state index contributed by atoms with van der Waals surface area (Å²) in [4.78, 5) is 6.59. The van der Waals surface area contributed by atoms with Gasteiger partial charge in [-0.15, -0.1) is 24.0 Å². The largest absolute Gasteiger partial charge is 0.497 e. The first kappa shape index (κ1) is 23.7. The second-order valence-electron chi connectivity index (χ2n) is 6.97. The molecule has 1 atom stereocenters. The summed E-state index contributed by atoms with van der Waals surface area (Å²) in [6.45, 7) is 2.09. The van der Waals surface area contributed by atoms with E-state index in [9.17, 15) is 4.39 Å². The van der Waals surface area contributed by atoms with Crippen molar-refractivity contribution in [3.05, 3.63) is 59.4 Å². The maximum absolute atomic E-state index is 14.0. The average Bonchev–Trinajstić information content (AvgIpc) is 2.77. The van der Waals surface area contributed by atoms with Crippen LogP contribution < -0.4 is 20.3 Å². The number of nitrogens with one attached hydrogen (secondary N) is 2. The van der Waals surface area contributed by atoms with Gasteiger partial charge in [-0.25, -0.2) is 4.39 Å². The van der Waals surface area contributed by atoms with Crippen LogP contribution in [0.3, 0.4) is 0 Å². The summed E-state index contributed by atoms with van der Waals surface area (Å²) >= 11 is 0. The minimum absolute atomic E-state index is 0. The van der Waals surface area contributed by atoms with Gasteiger partial charge in [-0.2, -0.15) is 5.26 Å². The van der Waals surface area contributed by atoms with Gasteiger partial charge in [0.15, 0.2) is 5.96 Å². The molecule has 0 aromatic heterocycles. The van der Waals surface area contributed by atoms with Crippen molar-refractivity contribution in [1.29, 1.82) is 5.26 Å². The number of aliphatic imine (C=N–C) groups is 1. The zero-order valence-electron chi connectivity index (χ0n) is 17.2. The predicted octanol–water partition coefficient (Wildman–Crippen LogP) is 3.66. The Labute approximate surface area is 194 Å². The van der Waals surface area contributed by atoms with E-state index in [4.69, 9.17) is 10.00 Å². The van der Waals surface area contributed by atoms with E-state index in [1.165, 1.54) is 12.1 Å². The number of ether oxygens (including phenoxy) is 1. The normalized spacial score (nSPS) is 16.3. The molecule has 1 saturated heterocycles. The van der Waals surface area contributed by atoms with Crippen molar-refractivity contribution in [3.8, 4) is 11.8 Å². The molecule has 2 aromatic carbocycles. The van der Waals surface area contributed by atoms with Gasteiger partial charge in [0, 0.05) is 50.0 Å². The van der Waals surface area contributed by atoms with Gasteiger partial charge in [0.1, 0.15) is 11.6 Å². The molecule has 1 unspecified atom stereocenters. The van der Waals surface area contributed by atoms with Crippen LogP contribution >= 0.6 is 24.0 Å². The maximum Gasteiger partial charge on any atom is 0.191 e. The van der Waals surface area contributed by atoms with Crippen molar-refractivity contribution < 1.29 is 9.13 Å². The molecule has 8 heteroatoms. The SMILES string of the molecule is CN=C(NCc1cc(C#N)ccc1F)NC1CCCN(c2cccc(OC)c2)C1.I. The van der Waals surface area contributed by atoms with E-state index in [-0.39, 0.29) is 42.4 Å². The van der Waals surface area contributed by atoms with Crippen LogP contribution in [0.4, 0.5) is 10.1 Å². The molecule has 6 nitrogen and oxygen atoms in total. The van der Waals surface area contributed by atoms with Gasteiger partial charge < -0.3 is 20.3 Å². The van der Waals surface area contributed by atoms with Gasteiger partial charge >= 0.3 is 0 Å². The van der Waals surface area contributed by atoms with E-state index in [1.807, 2.05) is 24.3 Å². The molecule has 1 aliphatic heterocycles. The Morgan fingerprint density at radius 3 is 2.90 bits per heavy atom. The molecule has 2 N–H and O–H groups in total. The van der Waals surface area contributed by atoms with Crippen LogP contribution in [-0.4, -0.2) is 39.2 Å². The first-order valence-electron chi connectivity index (χ1n) is 9.67. The zero-order chi connectivity index (χ0) is 20.6. The van der Waals surface area contributed by atoms with Crippen LogP contribution in [0.5, 0.6) is 5.75 Å². The molecule has 1 heterocycles. The van der Waals surface area contributed by atoms with Crippen molar-refractivity contribution >= 4 is 35.6 Å². The number of rotatable bonds is 5. The first-order chi connectivity index (χ1) is 14.1. The Balaban J connectivity index is 0.00000320. The van der Waals surface area contributed by atoms with Gasteiger partial charge in [-0.1, -0.05) is 6.07 Å². The lowest BCUT2D eigenvalue weighted by Crippen LogP contribution is -2.51. The van der Waals surface area contributed by atoms with Crippen LogP contribution in [0.15, 0.2) is 47.5 Å². The number of anilines is 1. The van der Waals surface area contributed by atoms with Gasteiger partial charge in [0.05, 0.1) is 18.7 Å². The summed E-state index contributed by atoms with van der Waals surface area (Å²) in [7, 11) is 3.37. The minimum Gasteiger partial charge on any atom is -0.497 e. The van der Waals surface area contributed by atoms with E-state index in [1.54, 1.807) is 20.2 Å². The summed E-state index contributed by atoms with van der Waals surface area (Å²) in [5, 5.41) is 15.6. The molecule has 0 amide bonds. The summed E-state index contributed by atoms with van der Waals surface area (Å²) in [6.07, 6.45) is 2.09. The molecular formula is C22H27FIN5O. The fraction of sp³-hybridized carbons (Fsp3) is 0.364. The van der Waals surface area contributed by atoms with Crippen molar-refractivity contribution in [2.45, 2.75) is 25.4 Å². The van der Waals surface area contributed by atoms with E-state index >= 15 is 0 Å². The summed E-state index contributed by atoms with van der Waals surface area (Å²) in [5.41, 5.74) is 2.01. The van der Waals surface area contributed by atoms with Crippen LogP contribution in [-0.2, 0) is 6.54 Å². The number of nitrogens with zero attached hydrogens (tertiary/aromatic N) is 3. The number of benzene rings is 2. The topological polar surface area (TPSA) is 72.7 Å². The number of methoxy groups -OCH3 is 1. The van der Waals surface area contributed by atoms with E-state index < -0.39 is 0 Å². The van der Waals surface area contributed by atoms with E-state index in [0.717, 1.165) is 37.4 Å². The Bertz CT molecular complexity index is 915. The smallest absolute Gasteiger partial charge is 0.191 e. The summed E-state index contributed by atoms with van der Waals surface area (Å²) in [6, 6.07) is 14.7. The van der Waals surface area contributed by atoms with Gasteiger partial charge in [0.2, 0.25) is 0 Å². The summed E-state index contributed by atoms with van der Waals surface area (Å²) < 4.78 is 19.3. The third-order valence-electron chi connectivity index (χ3n) is 5.03. The second kappa shape index (κ2) is 11.6. The third kappa shape index (κ3) is 6.23.